The molecule has 0 aliphatic heterocycles. The molecule has 0 heterocycles. The highest BCUT2D eigenvalue weighted by atomic mass is 16.5. The maximum Gasteiger partial charge on any atom is 0.252 e. The second kappa shape index (κ2) is 12.1. The number of carbonyl (C=O) groups is 1. The molecule has 1 N–H and O–H groups in total. The van der Waals surface area contributed by atoms with Crippen molar-refractivity contribution >= 4 is 5.91 Å². The normalized spacial score (nSPS) is 11.8. The topological polar surface area (TPSA) is 66.0 Å². The molecule has 0 radical (unpaired) electrons. The summed E-state index contributed by atoms with van der Waals surface area (Å²) in [5.74, 6) is 1.93. The molecule has 30 heavy (non-hydrogen) atoms. The Labute approximate surface area is 179 Å². The van der Waals surface area contributed by atoms with E-state index in [0.717, 1.165) is 11.1 Å². The summed E-state index contributed by atoms with van der Waals surface area (Å²) >= 11 is 0. The SMILES string of the molecule is CCO[C@@H](COc1ccc(C)cc1)C(=O)NCCc1ccc(OC(C)C)c(OC)c1. The van der Waals surface area contributed by atoms with E-state index in [9.17, 15) is 4.79 Å². The minimum absolute atomic E-state index is 0.0710. The first-order valence-electron chi connectivity index (χ1n) is 10.3. The van der Waals surface area contributed by atoms with Crippen molar-refractivity contribution in [3.8, 4) is 17.2 Å². The fourth-order valence-corrected chi connectivity index (χ4v) is 2.87. The summed E-state index contributed by atoms with van der Waals surface area (Å²) in [4.78, 5) is 12.5. The van der Waals surface area contributed by atoms with Gasteiger partial charge in [0.2, 0.25) is 0 Å². The number of nitrogens with one attached hydrogen (secondary N) is 1. The molecule has 2 aromatic rings. The van der Waals surface area contributed by atoms with Crippen LogP contribution in [0.4, 0.5) is 0 Å². The number of amides is 1. The van der Waals surface area contributed by atoms with E-state index in [1.54, 1.807) is 7.11 Å². The number of benzene rings is 2. The molecule has 2 rings (SSSR count). The number of ether oxygens (including phenoxy) is 4. The van der Waals surface area contributed by atoms with Crippen molar-refractivity contribution in [3.05, 3.63) is 53.6 Å². The second-order valence-corrected chi connectivity index (χ2v) is 7.26. The monoisotopic (exact) mass is 415 g/mol. The van der Waals surface area contributed by atoms with Crippen molar-refractivity contribution in [3.63, 3.8) is 0 Å². The largest absolute Gasteiger partial charge is 0.493 e. The van der Waals surface area contributed by atoms with Gasteiger partial charge in [-0.1, -0.05) is 23.8 Å². The lowest BCUT2D eigenvalue weighted by molar-refractivity contribution is -0.134. The van der Waals surface area contributed by atoms with E-state index in [1.165, 1.54) is 0 Å². The van der Waals surface area contributed by atoms with Crippen LogP contribution in [0.2, 0.25) is 0 Å². The van der Waals surface area contributed by atoms with Gasteiger partial charge in [0.25, 0.3) is 5.91 Å². The number of hydrogen-bond donors (Lipinski definition) is 1. The Balaban J connectivity index is 1.86. The van der Waals surface area contributed by atoms with Crippen molar-refractivity contribution in [2.75, 3.05) is 26.9 Å². The first kappa shape index (κ1) is 23.5. The van der Waals surface area contributed by atoms with E-state index in [1.807, 2.05) is 70.2 Å². The first-order chi connectivity index (χ1) is 14.4. The van der Waals surface area contributed by atoms with Crippen LogP contribution in [0.25, 0.3) is 0 Å². The molecule has 164 valence electrons. The van der Waals surface area contributed by atoms with E-state index in [4.69, 9.17) is 18.9 Å². The van der Waals surface area contributed by atoms with E-state index in [-0.39, 0.29) is 18.6 Å². The van der Waals surface area contributed by atoms with Gasteiger partial charge in [0.05, 0.1) is 13.2 Å². The molecule has 0 unspecified atom stereocenters. The van der Waals surface area contributed by atoms with Crippen LogP contribution < -0.4 is 19.5 Å². The van der Waals surface area contributed by atoms with E-state index in [0.29, 0.717) is 36.8 Å². The lowest BCUT2D eigenvalue weighted by Gasteiger charge is -2.18. The first-order valence-corrected chi connectivity index (χ1v) is 10.3. The number of rotatable bonds is 12. The third-order valence-corrected chi connectivity index (χ3v) is 4.39. The highest BCUT2D eigenvalue weighted by Gasteiger charge is 2.19. The third kappa shape index (κ3) is 7.59. The van der Waals surface area contributed by atoms with Gasteiger partial charge in [0.1, 0.15) is 12.4 Å². The van der Waals surface area contributed by atoms with Crippen LogP contribution in [0.5, 0.6) is 17.2 Å². The standard InChI is InChI=1S/C24H33NO5/c1-6-28-23(16-29-20-10-7-18(4)8-11-20)24(26)25-14-13-19-9-12-21(30-17(2)3)22(15-19)27-5/h7-12,15,17,23H,6,13-14,16H2,1-5H3,(H,25,26)/t23-/m0/s1. The maximum atomic E-state index is 12.5. The van der Waals surface area contributed by atoms with Gasteiger partial charge in [-0.15, -0.1) is 0 Å². The smallest absolute Gasteiger partial charge is 0.252 e. The highest BCUT2D eigenvalue weighted by Crippen LogP contribution is 2.29. The van der Waals surface area contributed by atoms with E-state index >= 15 is 0 Å². The Kier molecular flexibility index (Phi) is 9.48. The van der Waals surface area contributed by atoms with Gasteiger partial charge in [-0.2, -0.15) is 0 Å². The molecule has 6 heteroatoms. The Hall–Kier alpha value is -2.73. The molecule has 0 spiro atoms. The molecule has 0 aliphatic rings. The van der Waals surface area contributed by atoms with Crippen molar-refractivity contribution < 1.29 is 23.7 Å². The molecule has 0 saturated heterocycles. The van der Waals surface area contributed by atoms with Crippen molar-refractivity contribution in [2.45, 2.75) is 46.3 Å². The van der Waals surface area contributed by atoms with E-state index in [2.05, 4.69) is 5.32 Å². The van der Waals surface area contributed by atoms with Crippen LogP contribution in [-0.2, 0) is 16.0 Å². The zero-order valence-electron chi connectivity index (χ0n) is 18.6. The van der Waals surface area contributed by atoms with Crippen molar-refractivity contribution in [2.24, 2.45) is 0 Å². The molecular formula is C24H33NO5. The zero-order chi connectivity index (χ0) is 21.9. The van der Waals surface area contributed by atoms with Gasteiger partial charge in [-0.25, -0.2) is 0 Å². The molecule has 2 aromatic carbocycles. The summed E-state index contributed by atoms with van der Waals surface area (Å²) in [5.41, 5.74) is 2.20. The third-order valence-electron chi connectivity index (χ3n) is 4.39. The predicted octanol–water partition coefficient (Wildman–Crippen LogP) is 3.93. The summed E-state index contributed by atoms with van der Waals surface area (Å²) < 4.78 is 22.4. The Morgan fingerprint density at radius 2 is 1.80 bits per heavy atom. The second-order valence-electron chi connectivity index (χ2n) is 7.26. The highest BCUT2D eigenvalue weighted by molar-refractivity contribution is 5.81. The Morgan fingerprint density at radius 3 is 2.43 bits per heavy atom. The Bertz CT molecular complexity index is 789. The zero-order valence-corrected chi connectivity index (χ0v) is 18.6. The molecule has 0 aromatic heterocycles. The molecule has 0 aliphatic carbocycles. The molecule has 1 atom stereocenters. The number of carbonyl (C=O) groups excluding carboxylic acids is 1. The lowest BCUT2D eigenvalue weighted by Crippen LogP contribution is -2.41. The van der Waals surface area contributed by atoms with Gasteiger partial charge in [0.15, 0.2) is 17.6 Å². The Morgan fingerprint density at radius 1 is 1.07 bits per heavy atom. The summed E-state index contributed by atoms with van der Waals surface area (Å²) in [6, 6.07) is 13.5. The summed E-state index contributed by atoms with van der Waals surface area (Å²) in [7, 11) is 1.62. The van der Waals surface area contributed by atoms with Gasteiger partial charge >= 0.3 is 0 Å². The van der Waals surface area contributed by atoms with Gasteiger partial charge < -0.3 is 24.3 Å². The lowest BCUT2D eigenvalue weighted by atomic mass is 10.1. The minimum Gasteiger partial charge on any atom is -0.493 e. The number of methoxy groups -OCH3 is 1. The number of aryl methyl sites for hydroxylation is 1. The average Bonchev–Trinajstić information content (AvgIpc) is 2.72. The van der Waals surface area contributed by atoms with Crippen LogP contribution >= 0.6 is 0 Å². The predicted molar refractivity (Wildman–Crippen MR) is 118 cm³/mol. The molecule has 6 nitrogen and oxygen atoms in total. The molecular weight excluding hydrogens is 382 g/mol. The quantitative estimate of drug-likeness (QED) is 0.569. The summed E-state index contributed by atoms with van der Waals surface area (Å²) in [5, 5.41) is 2.93. The molecule has 0 saturated carbocycles. The summed E-state index contributed by atoms with van der Waals surface area (Å²) in [6.07, 6.45) is 0.0798. The van der Waals surface area contributed by atoms with Crippen LogP contribution in [-0.4, -0.2) is 45.0 Å². The molecule has 0 bridgehead atoms. The molecule has 1 amide bonds. The maximum absolute atomic E-state index is 12.5. The minimum atomic E-state index is -0.660. The summed E-state index contributed by atoms with van der Waals surface area (Å²) in [6.45, 7) is 8.91. The molecule has 0 fully saturated rings. The average molecular weight is 416 g/mol. The fraction of sp³-hybridized carbons (Fsp3) is 0.458. The fourth-order valence-electron chi connectivity index (χ4n) is 2.87. The number of hydrogen-bond acceptors (Lipinski definition) is 5. The van der Waals surface area contributed by atoms with Crippen LogP contribution in [0, 0.1) is 6.92 Å². The van der Waals surface area contributed by atoms with Gasteiger partial charge in [-0.3, -0.25) is 4.79 Å². The van der Waals surface area contributed by atoms with Gasteiger partial charge in [-0.05, 0) is 63.9 Å². The van der Waals surface area contributed by atoms with Crippen molar-refractivity contribution in [1.82, 2.24) is 5.32 Å². The van der Waals surface area contributed by atoms with E-state index < -0.39 is 6.10 Å². The van der Waals surface area contributed by atoms with Crippen LogP contribution in [0.15, 0.2) is 42.5 Å². The van der Waals surface area contributed by atoms with Crippen LogP contribution in [0.3, 0.4) is 0 Å². The van der Waals surface area contributed by atoms with Crippen molar-refractivity contribution in [1.29, 1.82) is 0 Å². The van der Waals surface area contributed by atoms with Gasteiger partial charge in [0, 0.05) is 13.2 Å². The van der Waals surface area contributed by atoms with Crippen LogP contribution in [0.1, 0.15) is 31.9 Å².